The van der Waals surface area contributed by atoms with E-state index in [9.17, 15) is 5.11 Å². The van der Waals surface area contributed by atoms with Gasteiger partial charge >= 0.3 is 0 Å². The molecule has 3 nitrogen and oxygen atoms in total. The molecule has 3 aromatic rings. The topological polar surface area (TPSA) is 34.4 Å². The van der Waals surface area contributed by atoms with Crippen LogP contribution in [0, 0.1) is 6.92 Å². The highest BCUT2D eigenvalue weighted by atomic mass is 16.5. The van der Waals surface area contributed by atoms with Crippen molar-refractivity contribution in [2.75, 3.05) is 6.61 Å². The van der Waals surface area contributed by atoms with Gasteiger partial charge in [-0.15, -0.1) is 0 Å². The van der Waals surface area contributed by atoms with Crippen LogP contribution in [-0.4, -0.2) is 16.3 Å². The molecule has 0 spiro atoms. The molecular weight excluding hydrogens is 334 g/mol. The quantitative estimate of drug-likeness (QED) is 0.474. The normalized spacial score (nSPS) is 10.9. The molecule has 0 aliphatic heterocycles. The fourth-order valence-electron chi connectivity index (χ4n) is 3.30. The number of nitrogens with zero attached hydrogens (tertiary/aromatic N) is 1. The van der Waals surface area contributed by atoms with Crippen molar-refractivity contribution >= 4 is 0 Å². The van der Waals surface area contributed by atoms with Gasteiger partial charge in [0.15, 0.2) is 0 Å². The Morgan fingerprint density at radius 1 is 0.889 bits per heavy atom. The average molecular weight is 364 g/mol. The van der Waals surface area contributed by atoms with E-state index in [-0.39, 0.29) is 0 Å². The number of rotatable bonds is 9. The number of aromatic nitrogens is 1. The maximum atomic E-state index is 9.50. The van der Waals surface area contributed by atoms with Gasteiger partial charge < -0.3 is 14.4 Å². The molecule has 3 rings (SSSR count). The molecule has 0 bridgehead atoms. The second kappa shape index (κ2) is 9.31. The Balaban J connectivity index is 1.53. The molecule has 142 valence electrons. The van der Waals surface area contributed by atoms with Crippen molar-refractivity contribution < 1.29 is 9.84 Å². The first-order valence-electron chi connectivity index (χ1n) is 9.84. The lowest BCUT2D eigenvalue weighted by molar-refractivity contribution is 0.301. The van der Waals surface area contributed by atoms with Crippen LogP contribution in [0.25, 0.3) is 11.3 Å². The number of hydrogen-bond acceptors (Lipinski definition) is 2. The molecule has 0 saturated heterocycles. The Morgan fingerprint density at radius 2 is 1.63 bits per heavy atom. The SMILES string of the molecule is CCCCc1ccc(OCCCn2c(C)ccc2-c2ccc(O)cc2)cc1. The van der Waals surface area contributed by atoms with Gasteiger partial charge in [0.1, 0.15) is 11.5 Å². The third kappa shape index (κ3) is 5.16. The van der Waals surface area contributed by atoms with Crippen LogP contribution in [0.15, 0.2) is 60.7 Å². The highest BCUT2D eigenvalue weighted by molar-refractivity contribution is 5.61. The summed E-state index contributed by atoms with van der Waals surface area (Å²) in [6, 6.07) is 20.1. The molecule has 1 aromatic heterocycles. The van der Waals surface area contributed by atoms with Crippen molar-refractivity contribution in [1.82, 2.24) is 4.57 Å². The first-order chi connectivity index (χ1) is 13.2. The summed E-state index contributed by atoms with van der Waals surface area (Å²) >= 11 is 0. The number of aryl methyl sites for hydroxylation is 2. The predicted octanol–water partition coefficient (Wildman–Crippen LogP) is 5.98. The van der Waals surface area contributed by atoms with E-state index in [0.717, 1.165) is 30.7 Å². The Kier molecular flexibility index (Phi) is 6.59. The number of aromatic hydroxyl groups is 1. The Labute approximate surface area is 162 Å². The fourth-order valence-corrected chi connectivity index (χ4v) is 3.30. The van der Waals surface area contributed by atoms with Crippen LogP contribution in [0.2, 0.25) is 0 Å². The number of hydrogen-bond donors (Lipinski definition) is 1. The molecule has 0 amide bonds. The number of ether oxygens (including phenoxy) is 1. The van der Waals surface area contributed by atoms with E-state index < -0.39 is 0 Å². The van der Waals surface area contributed by atoms with Gasteiger partial charge in [0.25, 0.3) is 0 Å². The maximum Gasteiger partial charge on any atom is 0.119 e. The molecule has 0 fully saturated rings. The number of phenols is 1. The van der Waals surface area contributed by atoms with E-state index >= 15 is 0 Å². The van der Waals surface area contributed by atoms with Gasteiger partial charge in [-0.3, -0.25) is 0 Å². The minimum atomic E-state index is 0.294. The van der Waals surface area contributed by atoms with Crippen LogP contribution < -0.4 is 4.74 Å². The predicted molar refractivity (Wildman–Crippen MR) is 111 cm³/mol. The minimum absolute atomic E-state index is 0.294. The minimum Gasteiger partial charge on any atom is -0.508 e. The molecule has 0 aliphatic rings. The van der Waals surface area contributed by atoms with Crippen LogP contribution in [0.4, 0.5) is 0 Å². The Morgan fingerprint density at radius 3 is 2.33 bits per heavy atom. The second-order valence-electron chi connectivity index (χ2n) is 7.01. The molecular formula is C24H29NO2. The summed E-state index contributed by atoms with van der Waals surface area (Å²) in [6.07, 6.45) is 4.55. The zero-order valence-corrected chi connectivity index (χ0v) is 16.3. The summed E-state index contributed by atoms with van der Waals surface area (Å²) in [5.74, 6) is 1.24. The molecule has 0 unspecified atom stereocenters. The van der Waals surface area contributed by atoms with E-state index in [2.05, 4.69) is 54.8 Å². The Bertz CT molecular complexity index is 832. The molecule has 2 aromatic carbocycles. The molecule has 0 saturated carbocycles. The van der Waals surface area contributed by atoms with Crippen LogP contribution in [0.3, 0.4) is 0 Å². The molecule has 1 heterocycles. The second-order valence-corrected chi connectivity index (χ2v) is 7.01. The van der Waals surface area contributed by atoms with Gasteiger partial charge in [0.2, 0.25) is 0 Å². The third-order valence-corrected chi connectivity index (χ3v) is 4.90. The third-order valence-electron chi connectivity index (χ3n) is 4.90. The van der Waals surface area contributed by atoms with Crippen molar-refractivity contribution in [1.29, 1.82) is 0 Å². The summed E-state index contributed by atoms with van der Waals surface area (Å²) in [4.78, 5) is 0. The van der Waals surface area contributed by atoms with Crippen molar-refractivity contribution in [3.05, 3.63) is 71.9 Å². The summed E-state index contributed by atoms with van der Waals surface area (Å²) in [5.41, 5.74) is 4.90. The number of benzene rings is 2. The highest BCUT2D eigenvalue weighted by Crippen LogP contribution is 2.25. The van der Waals surface area contributed by atoms with Gasteiger partial charge in [-0.25, -0.2) is 0 Å². The monoisotopic (exact) mass is 363 g/mol. The van der Waals surface area contributed by atoms with Gasteiger partial charge in [-0.1, -0.05) is 25.5 Å². The molecule has 3 heteroatoms. The lowest BCUT2D eigenvalue weighted by Crippen LogP contribution is -2.07. The summed E-state index contributed by atoms with van der Waals surface area (Å²) in [7, 11) is 0. The summed E-state index contributed by atoms with van der Waals surface area (Å²) in [5, 5.41) is 9.50. The van der Waals surface area contributed by atoms with Gasteiger partial charge in [0, 0.05) is 17.9 Å². The Hall–Kier alpha value is -2.68. The van der Waals surface area contributed by atoms with Crippen molar-refractivity contribution in [3.8, 4) is 22.8 Å². The zero-order chi connectivity index (χ0) is 19.1. The lowest BCUT2D eigenvalue weighted by atomic mass is 10.1. The fraction of sp³-hybridized carbons (Fsp3) is 0.333. The average Bonchev–Trinajstić information content (AvgIpc) is 3.05. The molecule has 0 radical (unpaired) electrons. The largest absolute Gasteiger partial charge is 0.508 e. The molecule has 0 aliphatic carbocycles. The van der Waals surface area contributed by atoms with E-state index in [0.29, 0.717) is 12.4 Å². The number of unbranched alkanes of at least 4 members (excludes halogenated alkanes) is 1. The smallest absolute Gasteiger partial charge is 0.119 e. The summed E-state index contributed by atoms with van der Waals surface area (Å²) < 4.78 is 8.23. The highest BCUT2D eigenvalue weighted by Gasteiger charge is 2.07. The van der Waals surface area contributed by atoms with Gasteiger partial charge in [-0.2, -0.15) is 0 Å². The zero-order valence-electron chi connectivity index (χ0n) is 16.3. The van der Waals surface area contributed by atoms with Crippen LogP contribution in [0.1, 0.15) is 37.4 Å². The van der Waals surface area contributed by atoms with E-state index in [1.807, 2.05) is 12.1 Å². The van der Waals surface area contributed by atoms with Gasteiger partial charge in [-0.05, 0) is 85.8 Å². The van der Waals surface area contributed by atoms with Crippen LogP contribution >= 0.6 is 0 Å². The maximum absolute atomic E-state index is 9.50. The standard InChI is InChI=1S/C24H29NO2/c1-3-4-6-20-8-14-23(15-9-20)27-18-5-17-25-19(2)7-16-24(25)21-10-12-22(26)13-11-21/h7-16,26H,3-6,17-18H2,1-2H3. The van der Waals surface area contributed by atoms with Crippen molar-refractivity contribution in [2.45, 2.75) is 46.1 Å². The summed E-state index contributed by atoms with van der Waals surface area (Å²) in [6.45, 7) is 5.95. The molecule has 0 atom stereocenters. The van der Waals surface area contributed by atoms with E-state index in [1.54, 1.807) is 12.1 Å². The molecule has 1 N–H and O–H groups in total. The van der Waals surface area contributed by atoms with E-state index in [1.165, 1.54) is 29.8 Å². The van der Waals surface area contributed by atoms with E-state index in [4.69, 9.17) is 4.74 Å². The molecule has 27 heavy (non-hydrogen) atoms. The number of phenolic OH excluding ortho intramolecular Hbond substituents is 1. The lowest BCUT2D eigenvalue weighted by Gasteiger charge is -2.13. The van der Waals surface area contributed by atoms with Gasteiger partial charge in [0.05, 0.1) is 6.61 Å². The van der Waals surface area contributed by atoms with Crippen molar-refractivity contribution in [2.24, 2.45) is 0 Å². The van der Waals surface area contributed by atoms with Crippen LogP contribution in [0.5, 0.6) is 11.5 Å². The first-order valence-corrected chi connectivity index (χ1v) is 9.84. The van der Waals surface area contributed by atoms with Crippen molar-refractivity contribution in [3.63, 3.8) is 0 Å². The first kappa shape index (κ1) is 19.1. The van der Waals surface area contributed by atoms with Crippen LogP contribution in [-0.2, 0) is 13.0 Å².